The highest BCUT2D eigenvalue weighted by molar-refractivity contribution is 5.90. The SMILES string of the molecule is O=C(O)C1=CN(c2ccccc2)c2ccccc2C1. The number of nitrogens with zero attached hydrogens (tertiary/aromatic N) is 1. The molecule has 0 amide bonds. The maximum Gasteiger partial charge on any atom is 0.333 e. The Labute approximate surface area is 111 Å². The molecule has 3 rings (SSSR count). The number of anilines is 2. The summed E-state index contributed by atoms with van der Waals surface area (Å²) in [7, 11) is 0. The lowest BCUT2D eigenvalue weighted by Gasteiger charge is -2.28. The van der Waals surface area contributed by atoms with Gasteiger partial charge in [0.2, 0.25) is 0 Å². The van der Waals surface area contributed by atoms with Gasteiger partial charge in [0, 0.05) is 24.0 Å². The molecule has 0 fully saturated rings. The molecule has 0 aromatic heterocycles. The van der Waals surface area contributed by atoms with E-state index in [1.807, 2.05) is 59.5 Å². The molecule has 94 valence electrons. The summed E-state index contributed by atoms with van der Waals surface area (Å²) in [6.07, 6.45) is 2.18. The number of fused-ring (bicyclic) bond motifs is 1. The van der Waals surface area contributed by atoms with Gasteiger partial charge in [0.25, 0.3) is 0 Å². The number of para-hydroxylation sites is 2. The molecule has 0 spiro atoms. The third-order valence-electron chi connectivity index (χ3n) is 3.23. The van der Waals surface area contributed by atoms with E-state index >= 15 is 0 Å². The van der Waals surface area contributed by atoms with Crippen LogP contribution in [0.15, 0.2) is 66.4 Å². The molecular formula is C16H13NO2. The van der Waals surface area contributed by atoms with Crippen molar-refractivity contribution in [3.05, 3.63) is 71.9 Å². The third-order valence-corrected chi connectivity index (χ3v) is 3.23. The monoisotopic (exact) mass is 251 g/mol. The number of benzene rings is 2. The van der Waals surface area contributed by atoms with Crippen molar-refractivity contribution in [2.75, 3.05) is 4.90 Å². The molecule has 0 radical (unpaired) electrons. The number of hydrogen-bond donors (Lipinski definition) is 1. The van der Waals surface area contributed by atoms with Gasteiger partial charge in [-0.1, -0.05) is 36.4 Å². The highest BCUT2D eigenvalue weighted by Crippen LogP contribution is 2.34. The van der Waals surface area contributed by atoms with E-state index in [-0.39, 0.29) is 0 Å². The van der Waals surface area contributed by atoms with Crippen LogP contribution in [-0.4, -0.2) is 11.1 Å². The predicted octanol–water partition coefficient (Wildman–Crippen LogP) is 3.35. The number of aliphatic carboxylic acids is 1. The van der Waals surface area contributed by atoms with Crippen LogP contribution in [0.3, 0.4) is 0 Å². The second kappa shape index (κ2) is 4.61. The molecule has 0 atom stereocenters. The highest BCUT2D eigenvalue weighted by atomic mass is 16.4. The Hall–Kier alpha value is -2.55. The van der Waals surface area contributed by atoms with Crippen LogP contribution in [0.5, 0.6) is 0 Å². The van der Waals surface area contributed by atoms with Crippen molar-refractivity contribution in [2.45, 2.75) is 6.42 Å². The normalized spacial score (nSPS) is 13.7. The highest BCUT2D eigenvalue weighted by Gasteiger charge is 2.21. The van der Waals surface area contributed by atoms with E-state index in [4.69, 9.17) is 0 Å². The zero-order valence-corrected chi connectivity index (χ0v) is 10.3. The molecule has 0 unspecified atom stereocenters. The topological polar surface area (TPSA) is 40.5 Å². The fraction of sp³-hybridized carbons (Fsp3) is 0.0625. The van der Waals surface area contributed by atoms with Crippen molar-refractivity contribution >= 4 is 17.3 Å². The van der Waals surface area contributed by atoms with Gasteiger partial charge in [-0.15, -0.1) is 0 Å². The number of rotatable bonds is 2. The van der Waals surface area contributed by atoms with E-state index in [9.17, 15) is 9.90 Å². The van der Waals surface area contributed by atoms with Crippen LogP contribution >= 0.6 is 0 Å². The molecular weight excluding hydrogens is 238 g/mol. The van der Waals surface area contributed by atoms with Crippen LogP contribution in [0.1, 0.15) is 5.56 Å². The van der Waals surface area contributed by atoms with Gasteiger partial charge in [0.05, 0.1) is 5.57 Å². The predicted molar refractivity (Wildman–Crippen MR) is 74.4 cm³/mol. The zero-order valence-electron chi connectivity index (χ0n) is 10.3. The molecule has 2 aromatic carbocycles. The zero-order chi connectivity index (χ0) is 13.2. The van der Waals surface area contributed by atoms with Crippen molar-refractivity contribution in [2.24, 2.45) is 0 Å². The molecule has 3 nitrogen and oxygen atoms in total. The van der Waals surface area contributed by atoms with Gasteiger partial charge < -0.3 is 10.0 Å². The summed E-state index contributed by atoms with van der Waals surface area (Å²) in [5.74, 6) is -0.865. The number of carboxylic acid groups (broad SMARTS) is 1. The fourth-order valence-electron chi connectivity index (χ4n) is 2.30. The van der Waals surface area contributed by atoms with Crippen LogP contribution in [0.4, 0.5) is 11.4 Å². The summed E-state index contributed by atoms with van der Waals surface area (Å²) in [6, 6.07) is 17.7. The van der Waals surface area contributed by atoms with Crippen molar-refractivity contribution < 1.29 is 9.90 Å². The Morgan fingerprint density at radius 2 is 1.68 bits per heavy atom. The minimum atomic E-state index is -0.865. The maximum atomic E-state index is 11.2. The lowest BCUT2D eigenvalue weighted by atomic mass is 9.99. The Kier molecular flexibility index (Phi) is 2.80. The van der Waals surface area contributed by atoms with Gasteiger partial charge in [-0.05, 0) is 23.8 Å². The van der Waals surface area contributed by atoms with Gasteiger partial charge in [-0.3, -0.25) is 0 Å². The van der Waals surface area contributed by atoms with E-state index in [0.717, 1.165) is 16.9 Å². The summed E-state index contributed by atoms with van der Waals surface area (Å²) in [6.45, 7) is 0. The maximum absolute atomic E-state index is 11.2. The van der Waals surface area contributed by atoms with Crippen LogP contribution in [0, 0.1) is 0 Å². The Morgan fingerprint density at radius 1 is 1.00 bits per heavy atom. The summed E-state index contributed by atoms with van der Waals surface area (Å²) >= 11 is 0. The first-order valence-electron chi connectivity index (χ1n) is 6.12. The molecule has 0 aliphatic carbocycles. The van der Waals surface area contributed by atoms with Crippen LogP contribution in [-0.2, 0) is 11.2 Å². The Bertz CT molecular complexity index is 647. The summed E-state index contributed by atoms with van der Waals surface area (Å²) < 4.78 is 0. The molecule has 0 saturated carbocycles. The van der Waals surface area contributed by atoms with E-state index in [2.05, 4.69) is 0 Å². The molecule has 0 bridgehead atoms. The largest absolute Gasteiger partial charge is 0.478 e. The van der Waals surface area contributed by atoms with E-state index in [1.165, 1.54) is 0 Å². The summed E-state index contributed by atoms with van der Waals surface area (Å²) in [5.41, 5.74) is 3.45. The second-order valence-corrected chi connectivity index (χ2v) is 4.47. The Morgan fingerprint density at radius 3 is 2.42 bits per heavy atom. The smallest absolute Gasteiger partial charge is 0.333 e. The first kappa shape index (κ1) is 11.5. The molecule has 3 heteroatoms. The number of hydrogen-bond acceptors (Lipinski definition) is 2. The lowest BCUT2D eigenvalue weighted by Crippen LogP contribution is -2.20. The molecule has 1 N–H and O–H groups in total. The first-order chi connectivity index (χ1) is 9.25. The van der Waals surface area contributed by atoms with Crippen molar-refractivity contribution in [1.82, 2.24) is 0 Å². The van der Waals surface area contributed by atoms with Crippen LogP contribution in [0.2, 0.25) is 0 Å². The molecule has 2 aromatic rings. The lowest BCUT2D eigenvalue weighted by molar-refractivity contribution is -0.132. The van der Waals surface area contributed by atoms with Gasteiger partial charge in [0.1, 0.15) is 0 Å². The summed E-state index contributed by atoms with van der Waals surface area (Å²) in [4.78, 5) is 13.2. The van der Waals surface area contributed by atoms with Crippen molar-refractivity contribution in [3.63, 3.8) is 0 Å². The van der Waals surface area contributed by atoms with E-state index in [1.54, 1.807) is 6.20 Å². The average Bonchev–Trinajstić information content (AvgIpc) is 2.47. The van der Waals surface area contributed by atoms with E-state index < -0.39 is 5.97 Å². The Balaban J connectivity index is 2.13. The van der Waals surface area contributed by atoms with Crippen molar-refractivity contribution in [1.29, 1.82) is 0 Å². The van der Waals surface area contributed by atoms with Gasteiger partial charge >= 0.3 is 5.97 Å². The van der Waals surface area contributed by atoms with Gasteiger partial charge in [-0.25, -0.2) is 4.79 Å². The van der Waals surface area contributed by atoms with Crippen LogP contribution in [0.25, 0.3) is 0 Å². The standard InChI is InChI=1S/C16H13NO2/c18-16(19)13-10-12-6-4-5-9-15(12)17(11-13)14-7-2-1-3-8-14/h1-9,11H,10H2,(H,18,19). The van der Waals surface area contributed by atoms with Crippen LogP contribution < -0.4 is 4.90 Å². The minimum absolute atomic E-state index is 0.405. The van der Waals surface area contributed by atoms with Gasteiger partial charge in [-0.2, -0.15) is 0 Å². The molecule has 1 aliphatic rings. The van der Waals surface area contributed by atoms with E-state index in [0.29, 0.717) is 12.0 Å². The van der Waals surface area contributed by atoms with Crippen molar-refractivity contribution in [3.8, 4) is 0 Å². The quantitative estimate of drug-likeness (QED) is 0.889. The molecule has 1 aliphatic heterocycles. The minimum Gasteiger partial charge on any atom is -0.478 e. The second-order valence-electron chi connectivity index (χ2n) is 4.47. The third kappa shape index (κ3) is 2.10. The molecule has 0 saturated heterocycles. The number of carboxylic acids is 1. The van der Waals surface area contributed by atoms with Gasteiger partial charge in [0.15, 0.2) is 0 Å². The summed E-state index contributed by atoms with van der Waals surface area (Å²) in [5, 5.41) is 9.23. The number of carbonyl (C=O) groups is 1. The first-order valence-corrected chi connectivity index (χ1v) is 6.12. The molecule has 1 heterocycles. The molecule has 19 heavy (non-hydrogen) atoms. The fourth-order valence-corrected chi connectivity index (χ4v) is 2.30. The average molecular weight is 251 g/mol.